The monoisotopic (exact) mass is 256 g/mol. The van der Waals surface area contributed by atoms with Crippen LogP contribution in [0.5, 0.6) is 0 Å². The summed E-state index contributed by atoms with van der Waals surface area (Å²) in [6.07, 6.45) is 6.00. The number of carboxylic acids is 2. The lowest BCUT2D eigenvalue weighted by Crippen LogP contribution is -1.99. The van der Waals surface area contributed by atoms with Gasteiger partial charge in [0.1, 0.15) is 0 Å². The summed E-state index contributed by atoms with van der Waals surface area (Å²) in [7, 11) is 0. The van der Waals surface area contributed by atoms with E-state index in [1.165, 1.54) is 49.9 Å². The van der Waals surface area contributed by atoms with Crippen molar-refractivity contribution in [1.29, 1.82) is 0 Å². The average Bonchev–Trinajstić information content (AvgIpc) is 2.15. The molecule has 6 heteroatoms. The molecule has 1 aliphatic carbocycles. The van der Waals surface area contributed by atoms with E-state index in [9.17, 15) is 9.59 Å². The van der Waals surface area contributed by atoms with E-state index >= 15 is 0 Å². The summed E-state index contributed by atoms with van der Waals surface area (Å²) in [4.78, 5) is 20.7. The molecule has 0 unspecified atom stereocenters. The normalized spacial score (nSPS) is 11.6. The predicted octanol–water partition coefficient (Wildman–Crippen LogP) is 2.97. The number of carbonyl (C=O) groups is 2. The Morgan fingerprint density at radius 3 is 1.06 bits per heavy atom. The van der Waals surface area contributed by atoms with Gasteiger partial charge in [-0.2, -0.15) is 0 Å². The molecule has 0 bridgehead atoms. The second-order valence-electron chi connectivity index (χ2n) is 3.60. The molecule has 1 fully saturated rings. The van der Waals surface area contributed by atoms with Gasteiger partial charge in [-0.05, 0) is 24.3 Å². The van der Waals surface area contributed by atoms with Crippen molar-refractivity contribution in [3.63, 3.8) is 0 Å². The number of hydrogen-bond acceptors (Lipinski definition) is 4. The molecule has 1 aliphatic rings. The van der Waals surface area contributed by atoms with Crippen LogP contribution >= 0.6 is 0 Å². The highest BCUT2D eigenvalue weighted by atomic mass is 16.4. The van der Waals surface area contributed by atoms with Gasteiger partial charge in [0.05, 0.1) is 11.1 Å². The van der Waals surface area contributed by atoms with Crippen LogP contribution in [-0.4, -0.2) is 22.2 Å². The standard InChI is InChI=1S/C8H6O4.C4H8.2H3N/c9-7(10)5-1-2-6(4-3-5)8(11)12;1-2-4-3-1;;/h1-4H,(H,9,10)(H,11,12);1-4H2;2*1H3. The highest BCUT2D eigenvalue weighted by molar-refractivity contribution is 5.91. The van der Waals surface area contributed by atoms with Crippen molar-refractivity contribution in [2.75, 3.05) is 0 Å². The maximum atomic E-state index is 10.3. The van der Waals surface area contributed by atoms with Crippen LogP contribution in [0, 0.1) is 0 Å². The summed E-state index contributed by atoms with van der Waals surface area (Å²) in [6, 6.07) is 5.02. The van der Waals surface area contributed by atoms with Crippen LogP contribution in [0.15, 0.2) is 24.3 Å². The lowest BCUT2D eigenvalue weighted by atomic mass is 10.0. The molecular weight excluding hydrogens is 236 g/mol. The van der Waals surface area contributed by atoms with Gasteiger partial charge in [-0.1, -0.05) is 25.7 Å². The van der Waals surface area contributed by atoms with Crippen molar-refractivity contribution >= 4 is 11.9 Å². The van der Waals surface area contributed by atoms with Crippen LogP contribution in [0.3, 0.4) is 0 Å². The van der Waals surface area contributed by atoms with Gasteiger partial charge in [-0.3, -0.25) is 0 Å². The summed E-state index contributed by atoms with van der Waals surface area (Å²) in [5.74, 6) is -2.13. The lowest BCUT2D eigenvalue weighted by molar-refractivity contribution is 0.0681. The fraction of sp³-hybridized carbons (Fsp3) is 0.333. The number of benzene rings is 1. The minimum absolute atomic E-state index is 0. The molecule has 0 aliphatic heterocycles. The van der Waals surface area contributed by atoms with Crippen molar-refractivity contribution in [2.24, 2.45) is 0 Å². The first-order valence-corrected chi connectivity index (χ1v) is 5.18. The Kier molecular flexibility index (Phi) is 9.37. The molecule has 0 atom stereocenters. The summed E-state index contributed by atoms with van der Waals surface area (Å²) in [5.41, 5.74) is 0.167. The van der Waals surface area contributed by atoms with Gasteiger partial charge < -0.3 is 22.5 Å². The Bertz CT molecular complexity index is 335. The van der Waals surface area contributed by atoms with Crippen molar-refractivity contribution in [2.45, 2.75) is 25.7 Å². The van der Waals surface area contributed by atoms with Crippen molar-refractivity contribution in [3.05, 3.63) is 35.4 Å². The third-order valence-electron chi connectivity index (χ3n) is 2.38. The first-order chi connectivity index (χ1) is 7.61. The fourth-order valence-corrected chi connectivity index (χ4v) is 1.01. The Hall–Kier alpha value is -1.92. The van der Waals surface area contributed by atoms with Crippen molar-refractivity contribution in [1.82, 2.24) is 12.3 Å². The smallest absolute Gasteiger partial charge is 0.335 e. The van der Waals surface area contributed by atoms with Gasteiger partial charge in [0, 0.05) is 0 Å². The summed E-state index contributed by atoms with van der Waals surface area (Å²) in [5, 5.41) is 16.9. The van der Waals surface area contributed by atoms with Crippen LogP contribution in [0.25, 0.3) is 0 Å². The molecule has 0 spiro atoms. The van der Waals surface area contributed by atoms with Gasteiger partial charge in [-0.25, -0.2) is 9.59 Å². The minimum atomic E-state index is -1.06. The van der Waals surface area contributed by atoms with E-state index in [1.807, 2.05) is 0 Å². The van der Waals surface area contributed by atoms with Crippen LogP contribution in [0.4, 0.5) is 0 Å². The molecule has 0 radical (unpaired) electrons. The van der Waals surface area contributed by atoms with Gasteiger partial charge in [0.25, 0.3) is 0 Å². The first-order valence-electron chi connectivity index (χ1n) is 5.18. The Balaban J connectivity index is 0. The second-order valence-corrected chi connectivity index (χ2v) is 3.60. The van der Waals surface area contributed by atoms with E-state index in [-0.39, 0.29) is 23.4 Å². The van der Waals surface area contributed by atoms with Gasteiger partial charge >= 0.3 is 11.9 Å². The third-order valence-corrected chi connectivity index (χ3v) is 2.38. The average molecular weight is 256 g/mol. The number of aromatic carboxylic acids is 2. The zero-order valence-electron chi connectivity index (χ0n) is 10.3. The fourth-order valence-electron chi connectivity index (χ4n) is 1.01. The summed E-state index contributed by atoms with van der Waals surface area (Å²) in [6.45, 7) is 0. The molecular formula is C12H20N2O4. The number of hydrogen-bond donors (Lipinski definition) is 4. The quantitative estimate of drug-likeness (QED) is 0.640. The van der Waals surface area contributed by atoms with Crippen molar-refractivity contribution < 1.29 is 19.8 Å². The Morgan fingerprint density at radius 1 is 0.722 bits per heavy atom. The SMILES string of the molecule is C1CCC1.N.N.O=C(O)c1ccc(C(=O)O)cc1. The molecule has 0 saturated heterocycles. The highest BCUT2D eigenvalue weighted by Gasteiger charge is 2.04. The van der Waals surface area contributed by atoms with Gasteiger partial charge in [0.2, 0.25) is 0 Å². The topological polar surface area (TPSA) is 145 Å². The lowest BCUT2D eigenvalue weighted by Gasteiger charge is -2.05. The molecule has 0 amide bonds. The molecule has 1 aromatic carbocycles. The molecule has 102 valence electrons. The van der Waals surface area contributed by atoms with Crippen LogP contribution < -0.4 is 12.3 Å². The van der Waals surface area contributed by atoms with E-state index < -0.39 is 11.9 Å². The maximum Gasteiger partial charge on any atom is 0.335 e. The molecule has 18 heavy (non-hydrogen) atoms. The van der Waals surface area contributed by atoms with Crippen LogP contribution in [0.2, 0.25) is 0 Å². The van der Waals surface area contributed by atoms with E-state index in [0.717, 1.165) is 0 Å². The minimum Gasteiger partial charge on any atom is -0.478 e. The van der Waals surface area contributed by atoms with E-state index in [1.54, 1.807) is 0 Å². The predicted molar refractivity (Wildman–Crippen MR) is 68.9 cm³/mol. The van der Waals surface area contributed by atoms with Crippen LogP contribution in [-0.2, 0) is 0 Å². The molecule has 1 saturated carbocycles. The maximum absolute atomic E-state index is 10.3. The molecule has 1 aromatic rings. The molecule has 2 rings (SSSR count). The highest BCUT2D eigenvalue weighted by Crippen LogP contribution is 2.15. The zero-order chi connectivity index (χ0) is 12.0. The molecule has 6 nitrogen and oxygen atoms in total. The van der Waals surface area contributed by atoms with E-state index in [4.69, 9.17) is 10.2 Å². The largest absolute Gasteiger partial charge is 0.478 e. The third kappa shape index (κ3) is 5.97. The summed E-state index contributed by atoms with van der Waals surface area (Å²) >= 11 is 0. The van der Waals surface area contributed by atoms with E-state index in [2.05, 4.69) is 0 Å². The second kappa shape index (κ2) is 9.15. The Morgan fingerprint density at radius 2 is 0.944 bits per heavy atom. The number of carboxylic acid groups (broad SMARTS) is 2. The molecule has 0 heterocycles. The van der Waals surface area contributed by atoms with E-state index in [0.29, 0.717) is 0 Å². The molecule has 0 aromatic heterocycles. The summed E-state index contributed by atoms with van der Waals surface area (Å²) < 4.78 is 0. The zero-order valence-corrected chi connectivity index (χ0v) is 10.3. The number of rotatable bonds is 2. The Labute approximate surface area is 106 Å². The van der Waals surface area contributed by atoms with Gasteiger partial charge in [-0.15, -0.1) is 0 Å². The van der Waals surface area contributed by atoms with Crippen molar-refractivity contribution in [3.8, 4) is 0 Å². The first kappa shape index (κ1) is 18.4. The molecule has 8 N–H and O–H groups in total. The van der Waals surface area contributed by atoms with Crippen LogP contribution in [0.1, 0.15) is 46.4 Å². The van der Waals surface area contributed by atoms with Gasteiger partial charge in [0.15, 0.2) is 0 Å².